The molecular formula is C21H25N5O2S. The van der Waals surface area contributed by atoms with Crippen molar-refractivity contribution >= 4 is 39.2 Å². The Morgan fingerprint density at radius 3 is 2.45 bits per heavy atom. The highest BCUT2D eigenvalue weighted by molar-refractivity contribution is 7.19. The lowest BCUT2D eigenvalue weighted by molar-refractivity contribution is -0.121. The Bertz CT molecular complexity index is 1010. The first kappa shape index (κ1) is 20.7. The van der Waals surface area contributed by atoms with Crippen molar-refractivity contribution in [3.05, 3.63) is 41.0 Å². The summed E-state index contributed by atoms with van der Waals surface area (Å²) >= 11 is 1.64. The SMILES string of the molecule is CC(=O)NCCNC(=O)CCNc1ncnc2sc(C)c(-c3ccc(C)cc3)c12. The number of amides is 2. The van der Waals surface area contributed by atoms with Crippen molar-refractivity contribution < 1.29 is 9.59 Å². The highest BCUT2D eigenvalue weighted by atomic mass is 32.1. The molecule has 0 bridgehead atoms. The van der Waals surface area contributed by atoms with Gasteiger partial charge in [0.25, 0.3) is 0 Å². The zero-order valence-electron chi connectivity index (χ0n) is 16.8. The van der Waals surface area contributed by atoms with Crippen molar-refractivity contribution in [2.75, 3.05) is 25.0 Å². The number of aromatic nitrogens is 2. The lowest BCUT2D eigenvalue weighted by atomic mass is 10.0. The van der Waals surface area contributed by atoms with E-state index in [4.69, 9.17) is 0 Å². The van der Waals surface area contributed by atoms with Gasteiger partial charge < -0.3 is 16.0 Å². The minimum absolute atomic E-state index is 0.0755. The molecule has 0 saturated heterocycles. The van der Waals surface area contributed by atoms with Gasteiger partial charge in [0, 0.05) is 43.4 Å². The fourth-order valence-electron chi connectivity index (χ4n) is 3.07. The van der Waals surface area contributed by atoms with Gasteiger partial charge in [0.05, 0.1) is 5.39 Å². The van der Waals surface area contributed by atoms with E-state index in [2.05, 4.69) is 64.0 Å². The summed E-state index contributed by atoms with van der Waals surface area (Å²) in [5, 5.41) is 9.71. The van der Waals surface area contributed by atoms with E-state index >= 15 is 0 Å². The molecule has 3 N–H and O–H groups in total. The van der Waals surface area contributed by atoms with Crippen LogP contribution in [-0.4, -0.2) is 41.4 Å². The summed E-state index contributed by atoms with van der Waals surface area (Å²) in [4.78, 5) is 33.8. The second-order valence-corrected chi connectivity index (χ2v) is 8.01. The molecule has 0 atom stereocenters. The van der Waals surface area contributed by atoms with Crippen LogP contribution in [0, 0.1) is 13.8 Å². The molecule has 0 saturated carbocycles. The highest BCUT2D eigenvalue weighted by Gasteiger charge is 2.16. The summed E-state index contributed by atoms with van der Waals surface area (Å²) < 4.78 is 0. The Morgan fingerprint density at radius 2 is 1.72 bits per heavy atom. The van der Waals surface area contributed by atoms with Crippen molar-refractivity contribution in [1.82, 2.24) is 20.6 Å². The Hall–Kier alpha value is -3.00. The van der Waals surface area contributed by atoms with Gasteiger partial charge >= 0.3 is 0 Å². The first-order valence-electron chi connectivity index (χ1n) is 9.52. The quantitative estimate of drug-likeness (QED) is 0.495. The summed E-state index contributed by atoms with van der Waals surface area (Å²) in [5.74, 6) is 0.554. The zero-order valence-corrected chi connectivity index (χ0v) is 17.7. The number of benzene rings is 1. The molecule has 0 unspecified atom stereocenters. The van der Waals surface area contributed by atoms with Crippen LogP contribution < -0.4 is 16.0 Å². The molecule has 152 valence electrons. The molecular weight excluding hydrogens is 386 g/mol. The molecule has 2 heterocycles. The van der Waals surface area contributed by atoms with Gasteiger partial charge in [0.15, 0.2) is 0 Å². The lowest BCUT2D eigenvalue weighted by Crippen LogP contribution is -2.34. The van der Waals surface area contributed by atoms with Crippen LogP contribution in [0.25, 0.3) is 21.3 Å². The molecule has 7 nitrogen and oxygen atoms in total. The van der Waals surface area contributed by atoms with Gasteiger partial charge in [-0.05, 0) is 19.4 Å². The third kappa shape index (κ3) is 5.29. The van der Waals surface area contributed by atoms with E-state index in [1.807, 2.05) is 0 Å². The van der Waals surface area contributed by atoms with Gasteiger partial charge in [0.2, 0.25) is 11.8 Å². The van der Waals surface area contributed by atoms with Crippen molar-refractivity contribution in [1.29, 1.82) is 0 Å². The van der Waals surface area contributed by atoms with Gasteiger partial charge in [-0.2, -0.15) is 0 Å². The minimum atomic E-state index is -0.107. The van der Waals surface area contributed by atoms with Crippen LogP contribution in [0.5, 0.6) is 0 Å². The monoisotopic (exact) mass is 411 g/mol. The predicted molar refractivity (Wildman–Crippen MR) is 117 cm³/mol. The van der Waals surface area contributed by atoms with Crippen molar-refractivity contribution in [2.45, 2.75) is 27.2 Å². The number of nitrogens with one attached hydrogen (secondary N) is 3. The molecule has 29 heavy (non-hydrogen) atoms. The molecule has 3 aromatic rings. The Balaban J connectivity index is 1.69. The summed E-state index contributed by atoms with van der Waals surface area (Å²) in [6.45, 7) is 6.91. The molecule has 0 aliphatic rings. The number of hydrogen-bond acceptors (Lipinski definition) is 6. The summed E-state index contributed by atoms with van der Waals surface area (Å²) in [6.07, 6.45) is 1.86. The van der Waals surface area contributed by atoms with Crippen LogP contribution in [0.15, 0.2) is 30.6 Å². The number of aryl methyl sites for hydroxylation is 2. The predicted octanol–water partition coefficient (Wildman–Crippen LogP) is 3.03. The first-order valence-corrected chi connectivity index (χ1v) is 10.3. The van der Waals surface area contributed by atoms with Gasteiger partial charge in [-0.15, -0.1) is 11.3 Å². The molecule has 2 amide bonds. The largest absolute Gasteiger partial charge is 0.369 e. The number of carbonyl (C=O) groups excluding carboxylic acids is 2. The number of rotatable bonds is 8. The van der Waals surface area contributed by atoms with E-state index in [-0.39, 0.29) is 11.8 Å². The Kier molecular flexibility index (Phi) is 6.77. The highest BCUT2D eigenvalue weighted by Crippen LogP contribution is 2.40. The van der Waals surface area contributed by atoms with Gasteiger partial charge in [-0.25, -0.2) is 9.97 Å². The molecule has 0 fully saturated rings. The second-order valence-electron chi connectivity index (χ2n) is 6.81. The summed E-state index contributed by atoms with van der Waals surface area (Å²) in [7, 11) is 0. The van der Waals surface area contributed by atoms with Crippen molar-refractivity contribution in [2.24, 2.45) is 0 Å². The molecule has 0 aliphatic heterocycles. The third-order valence-corrected chi connectivity index (χ3v) is 5.48. The van der Waals surface area contributed by atoms with Crippen molar-refractivity contribution in [3.63, 3.8) is 0 Å². The average molecular weight is 412 g/mol. The van der Waals surface area contributed by atoms with Crippen molar-refractivity contribution in [3.8, 4) is 11.1 Å². The van der Waals surface area contributed by atoms with E-state index in [1.54, 1.807) is 17.7 Å². The number of hydrogen-bond donors (Lipinski definition) is 3. The molecule has 0 aliphatic carbocycles. The Labute approximate surface area is 174 Å². The zero-order chi connectivity index (χ0) is 20.8. The number of thiophene rings is 1. The first-order chi connectivity index (χ1) is 14.0. The molecule has 0 radical (unpaired) electrons. The molecule has 8 heteroatoms. The lowest BCUT2D eigenvalue weighted by Gasteiger charge is -2.10. The summed E-state index contributed by atoms with van der Waals surface area (Å²) in [5.41, 5.74) is 3.48. The fraction of sp³-hybridized carbons (Fsp3) is 0.333. The fourth-order valence-corrected chi connectivity index (χ4v) is 4.08. The molecule has 1 aromatic carbocycles. The minimum Gasteiger partial charge on any atom is -0.369 e. The van der Waals surface area contributed by atoms with Crippen LogP contribution in [0.1, 0.15) is 23.8 Å². The number of carbonyl (C=O) groups is 2. The third-order valence-electron chi connectivity index (χ3n) is 4.47. The topological polar surface area (TPSA) is 96.0 Å². The van der Waals surface area contributed by atoms with Gasteiger partial charge in [-0.1, -0.05) is 29.8 Å². The van der Waals surface area contributed by atoms with E-state index < -0.39 is 0 Å². The van der Waals surface area contributed by atoms with Crippen LogP contribution in [0.2, 0.25) is 0 Å². The number of fused-ring (bicyclic) bond motifs is 1. The average Bonchev–Trinajstić information content (AvgIpc) is 3.02. The molecule has 0 spiro atoms. The number of anilines is 1. The summed E-state index contributed by atoms with van der Waals surface area (Å²) in [6, 6.07) is 8.42. The maximum absolute atomic E-state index is 12.0. The number of nitrogens with zero attached hydrogens (tertiary/aromatic N) is 2. The maximum atomic E-state index is 12.0. The van der Waals surface area contributed by atoms with E-state index in [9.17, 15) is 9.59 Å². The van der Waals surface area contributed by atoms with Gasteiger partial charge in [-0.3, -0.25) is 9.59 Å². The normalized spacial score (nSPS) is 10.7. The maximum Gasteiger partial charge on any atom is 0.221 e. The van der Waals surface area contributed by atoms with Crippen LogP contribution in [0.3, 0.4) is 0 Å². The van der Waals surface area contributed by atoms with Gasteiger partial charge in [0.1, 0.15) is 17.0 Å². The second kappa shape index (κ2) is 9.47. The van der Waals surface area contributed by atoms with E-state index in [1.165, 1.54) is 17.4 Å². The van der Waals surface area contributed by atoms with Crippen LogP contribution in [0.4, 0.5) is 5.82 Å². The standard InChI is InChI=1S/C21H25N5O2S/c1-13-4-6-16(7-5-13)18-14(2)29-21-19(18)20(25-12-26-21)24-9-8-17(28)23-11-10-22-15(3)27/h4-7,12H,8-11H2,1-3H3,(H,22,27)(H,23,28)(H,24,25,26). The molecule has 3 rings (SSSR count). The smallest absolute Gasteiger partial charge is 0.221 e. The van der Waals surface area contributed by atoms with Crippen LogP contribution in [-0.2, 0) is 9.59 Å². The van der Waals surface area contributed by atoms with Crippen LogP contribution >= 0.6 is 11.3 Å². The molecule has 2 aromatic heterocycles. The Morgan fingerprint density at radius 1 is 1.00 bits per heavy atom. The van der Waals surface area contributed by atoms with E-state index in [0.717, 1.165) is 27.2 Å². The van der Waals surface area contributed by atoms with E-state index in [0.29, 0.717) is 26.1 Å².